The van der Waals surface area contributed by atoms with E-state index in [1.54, 1.807) is 12.1 Å². The Morgan fingerprint density at radius 1 is 1.43 bits per heavy atom. The molecular weight excluding hydrogens is 273 g/mol. The van der Waals surface area contributed by atoms with Gasteiger partial charge in [-0.15, -0.1) is 0 Å². The summed E-state index contributed by atoms with van der Waals surface area (Å²) in [6.45, 7) is 4.97. The van der Waals surface area contributed by atoms with Crippen LogP contribution in [0.25, 0.3) is 0 Å². The maximum Gasteiger partial charge on any atom is 0.310 e. The predicted molar refractivity (Wildman–Crippen MR) is 77.9 cm³/mol. The molecule has 1 heterocycles. The van der Waals surface area contributed by atoms with E-state index in [0.717, 1.165) is 32.5 Å². The second-order valence-electron chi connectivity index (χ2n) is 5.46. The number of piperidine rings is 1. The van der Waals surface area contributed by atoms with Crippen LogP contribution in [0, 0.1) is 17.7 Å². The molecule has 0 aliphatic carbocycles. The van der Waals surface area contributed by atoms with Crippen molar-refractivity contribution in [3.05, 3.63) is 30.1 Å². The highest BCUT2D eigenvalue weighted by molar-refractivity contribution is 5.70. The number of benzene rings is 1. The number of carbonyl (C=O) groups is 1. The first-order chi connectivity index (χ1) is 10.1. The van der Waals surface area contributed by atoms with Crippen LogP contribution in [0.1, 0.15) is 19.8 Å². The maximum atomic E-state index is 13.5. The molecule has 1 aliphatic heterocycles. The molecule has 1 atom stereocenters. The molecule has 0 bridgehead atoms. The lowest BCUT2D eigenvalue weighted by atomic mass is 9.84. The largest absolute Gasteiger partial charge is 0.490 e. The van der Waals surface area contributed by atoms with Crippen molar-refractivity contribution in [3.8, 4) is 5.75 Å². The molecule has 2 rings (SSSR count). The van der Waals surface area contributed by atoms with Crippen molar-refractivity contribution in [2.75, 3.05) is 26.2 Å². The number of likely N-dealkylation sites (tertiary alicyclic amines) is 1. The van der Waals surface area contributed by atoms with Crippen LogP contribution in [0.2, 0.25) is 0 Å². The third-order valence-corrected chi connectivity index (χ3v) is 4.22. The maximum absolute atomic E-state index is 13.5. The van der Waals surface area contributed by atoms with E-state index in [2.05, 4.69) is 11.8 Å². The molecule has 1 aliphatic rings. The second kappa shape index (κ2) is 7.41. The fourth-order valence-electron chi connectivity index (χ4n) is 2.82. The van der Waals surface area contributed by atoms with Gasteiger partial charge in [0.1, 0.15) is 6.61 Å². The van der Waals surface area contributed by atoms with Crippen LogP contribution in [-0.2, 0) is 4.79 Å². The summed E-state index contributed by atoms with van der Waals surface area (Å²) >= 11 is 0. The summed E-state index contributed by atoms with van der Waals surface area (Å²) in [6, 6.07) is 6.09. The van der Waals surface area contributed by atoms with Crippen LogP contribution < -0.4 is 4.74 Å². The van der Waals surface area contributed by atoms with Gasteiger partial charge in [-0.1, -0.05) is 19.1 Å². The monoisotopic (exact) mass is 295 g/mol. The zero-order chi connectivity index (χ0) is 15.2. The van der Waals surface area contributed by atoms with Gasteiger partial charge in [-0.25, -0.2) is 4.39 Å². The van der Waals surface area contributed by atoms with E-state index in [-0.39, 0.29) is 18.3 Å². The van der Waals surface area contributed by atoms with Gasteiger partial charge >= 0.3 is 5.97 Å². The second-order valence-corrected chi connectivity index (χ2v) is 5.46. The number of aliphatic carboxylic acids is 1. The predicted octanol–water partition coefficient (Wildman–Crippen LogP) is 2.64. The summed E-state index contributed by atoms with van der Waals surface area (Å²) in [7, 11) is 0. The minimum absolute atomic E-state index is 0.0209. The Kier molecular flexibility index (Phi) is 5.56. The van der Waals surface area contributed by atoms with Crippen LogP contribution in [0.15, 0.2) is 24.3 Å². The third kappa shape index (κ3) is 4.17. The molecule has 0 spiro atoms. The lowest BCUT2D eigenvalue weighted by Gasteiger charge is -2.33. The van der Waals surface area contributed by atoms with Gasteiger partial charge in [-0.05, 0) is 50.5 Å². The van der Waals surface area contributed by atoms with E-state index in [1.165, 1.54) is 12.1 Å². The van der Waals surface area contributed by atoms with Crippen molar-refractivity contribution in [2.24, 2.45) is 11.8 Å². The zero-order valence-electron chi connectivity index (χ0n) is 12.3. The molecule has 0 radical (unpaired) electrons. The lowest BCUT2D eigenvalue weighted by molar-refractivity contribution is -0.145. The summed E-state index contributed by atoms with van der Waals surface area (Å²) in [6.07, 6.45) is 1.71. The van der Waals surface area contributed by atoms with Crippen molar-refractivity contribution in [2.45, 2.75) is 19.8 Å². The summed E-state index contributed by atoms with van der Waals surface area (Å²) < 4.78 is 18.9. The third-order valence-electron chi connectivity index (χ3n) is 4.22. The molecule has 4 nitrogen and oxygen atoms in total. The Bertz CT molecular complexity index is 472. The van der Waals surface area contributed by atoms with Crippen molar-refractivity contribution in [3.63, 3.8) is 0 Å². The smallest absolute Gasteiger partial charge is 0.310 e. The number of carboxylic acids is 1. The molecule has 1 aromatic rings. The number of nitrogens with zero attached hydrogens (tertiary/aromatic N) is 1. The van der Waals surface area contributed by atoms with E-state index in [1.807, 2.05) is 0 Å². The highest BCUT2D eigenvalue weighted by Crippen LogP contribution is 2.27. The highest BCUT2D eigenvalue weighted by Gasteiger charge is 2.31. The standard InChI is InChI=1S/C16H22FNO3/c1-2-18-9-7-12(8-10-18)13(16(19)20)11-21-15-6-4-3-5-14(15)17/h3-6,12-13H,2,7-11H2,1H3,(H,19,20). The molecule has 21 heavy (non-hydrogen) atoms. The highest BCUT2D eigenvalue weighted by atomic mass is 19.1. The van der Waals surface area contributed by atoms with Crippen LogP contribution in [0.4, 0.5) is 4.39 Å². The quantitative estimate of drug-likeness (QED) is 0.876. The SMILES string of the molecule is CCN1CCC(C(COc2ccccc2F)C(=O)O)CC1. The van der Waals surface area contributed by atoms with Crippen molar-refractivity contribution in [1.82, 2.24) is 4.90 Å². The number of rotatable bonds is 6. The van der Waals surface area contributed by atoms with Crippen molar-refractivity contribution >= 4 is 5.97 Å². The van der Waals surface area contributed by atoms with Gasteiger partial charge in [-0.2, -0.15) is 0 Å². The molecule has 1 saturated heterocycles. The number of hydrogen-bond donors (Lipinski definition) is 1. The molecule has 5 heteroatoms. The van der Waals surface area contributed by atoms with Gasteiger partial charge in [0.15, 0.2) is 11.6 Å². The average Bonchev–Trinajstić information content (AvgIpc) is 2.49. The summed E-state index contributed by atoms with van der Waals surface area (Å²) in [5, 5.41) is 9.41. The fraction of sp³-hybridized carbons (Fsp3) is 0.562. The minimum Gasteiger partial charge on any atom is -0.490 e. The number of carboxylic acid groups (broad SMARTS) is 1. The first-order valence-electron chi connectivity index (χ1n) is 7.44. The van der Waals surface area contributed by atoms with E-state index in [4.69, 9.17) is 4.74 Å². The van der Waals surface area contributed by atoms with Crippen molar-refractivity contribution in [1.29, 1.82) is 0 Å². The van der Waals surface area contributed by atoms with E-state index in [0.29, 0.717) is 0 Å². The van der Waals surface area contributed by atoms with Gasteiger partial charge < -0.3 is 14.7 Å². The van der Waals surface area contributed by atoms with Gasteiger partial charge in [0.2, 0.25) is 0 Å². The molecule has 0 aromatic heterocycles. The number of para-hydroxylation sites is 1. The van der Waals surface area contributed by atoms with Gasteiger partial charge in [-0.3, -0.25) is 4.79 Å². The van der Waals surface area contributed by atoms with Crippen molar-refractivity contribution < 1.29 is 19.0 Å². The van der Waals surface area contributed by atoms with Crippen LogP contribution in [0.3, 0.4) is 0 Å². The van der Waals surface area contributed by atoms with Crippen LogP contribution in [-0.4, -0.2) is 42.2 Å². The Morgan fingerprint density at radius 3 is 2.67 bits per heavy atom. The molecular formula is C16H22FNO3. The summed E-state index contributed by atoms with van der Waals surface area (Å²) in [5.74, 6) is -1.68. The van der Waals surface area contributed by atoms with Crippen LogP contribution >= 0.6 is 0 Å². The number of ether oxygens (including phenoxy) is 1. The van der Waals surface area contributed by atoms with Gasteiger partial charge in [0.05, 0.1) is 5.92 Å². The Labute approximate surface area is 124 Å². The molecule has 1 unspecified atom stereocenters. The van der Waals surface area contributed by atoms with Gasteiger partial charge in [0, 0.05) is 0 Å². The lowest BCUT2D eigenvalue weighted by Crippen LogP contribution is -2.39. The first kappa shape index (κ1) is 15.8. The summed E-state index contributed by atoms with van der Waals surface area (Å²) in [4.78, 5) is 13.8. The normalized spacial score (nSPS) is 18.4. The molecule has 1 fully saturated rings. The number of halogens is 1. The minimum atomic E-state index is -0.860. The Hall–Kier alpha value is -1.62. The molecule has 116 valence electrons. The molecule has 0 saturated carbocycles. The number of hydrogen-bond acceptors (Lipinski definition) is 3. The Morgan fingerprint density at radius 2 is 2.10 bits per heavy atom. The average molecular weight is 295 g/mol. The molecule has 1 N–H and O–H groups in total. The molecule has 0 amide bonds. The van der Waals surface area contributed by atoms with Crippen LogP contribution in [0.5, 0.6) is 5.75 Å². The van der Waals surface area contributed by atoms with Gasteiger partial charge in [0.25, 0.3) is 0 Å². The fourth-order valence-corrected chi connectivity index (χ4v) is 2.82. The first-order valence-corrected chi connectivity index (χ1v) is 7.44. The summed E-state index contributed by atoms with van der Waals surface area (Å²) in [5.41, 5.74) is 0. The topological polar surface area (TPSA) is 49.8 Å². The van der Waals surface area contributed by atoms with E-state index >= 15 is 0 Å². The Balaban J connectivity index is 1.94. The molecule has 1 aromatic carbocycles. The zero-order valence-corrected chi connectivity index (χ0v) is 12.3. The van der Waals surface area contributed by atoms with E-state index in [9.17, 15) is 14.3 Å². The van der Waals surface area contributed by atoms with E-state index < -0.39 is 17.7 Å².